The summed E-state index contributed by atoms with van der Waals surface area (Å²) in [6.45, 7) is 3.01. The molecule has 1 aromatic heterocycles. The lowest BCUT2D eigenvalue weighted by Crippen LogP contribution is -2.38. The summed E-state index contributed by atoms with van der Waals surface area (Å²) in [5.41, 5.74) is 1.53. The number of nitrogens with one attached hydrogen (secondary N) is 1. The van der Waals surface area contributed by atoms with E-state index in [0.717, 1.165) is 30.6 Å². The lowest BCUT2D eigenvalue weighted by atomic mass is 10.1. The third-order valence-electron chi connectivity index (χ3n) is 3.63. The summed E-state index contributed by atoms with van der Waals surface area (Å²) >= 11 is 0. The van der Waals surface area contributed by atoms with Crippen LogP contribution in [-0.4, -0.2) is 35.4 Å². The van der Waals surface area contributed by atoms with Gasteiger partial charge >= 0.3 is 0 Å². The minimum absolute atomic E-state index is 0.121. The second-order valence-corrected chi connectivity index (χ2v) is 4.87. The van der Waals surface area contributed by atoms with Gasteiger partial charge in [-0.2, -0.15) is 0 Å². The molecule has 0 saturated carbocycles. The summed E-state index contributed by atoms with van der Waals surface area (Å²) in [7, 11) is 1.82. The van der Waals surface area contributed by atoms with Crippen LogP contribution in [0.3, 0.4) is 0 Å². The van der Waals surface area contributed by atoms with E-state index in [1.54, 1.807) is 18.5 Å². The van der Waals surface area contributed by atoms with Crippen molar-refractivity contribution < 1.29 is 4.79 Å². The first-order valence-corrected chi connectivity index (χ1v) is 6.66. The van der Waals surface area contributed by atoms with E-state index in [9.17, 15) is 4.79 Å². The second-order valence-electron chi connectivity index (χ2n) is 4.87. The molecule has 2 heterocycles. The lowest BCUT2D eigenvalue weighted by Gasteiger charge is -2.27. The van der Waals surface area contributed by atoms with E-state index in [4.69, 9.17) is 0 Å². The van der Waals surface area contributed by atoms with Crippen LogP contribution in [0.25, 0.3) is 0 Å². The molecule has 1 aliphatic rings. The Kier molecular flexibility index (Phi) is 4.18. The summed E-state index contributed by atoms with van der Waals surface area (Å²) in [6.07, 6.45) is 8.04. The summed E-state index contributed by atoms with van der Waals surface area (Å²) in [4.78, 5) is 18.7. The van der Waals surface area contributed by atoms with Crippen molar-refractivity contribution in [3.63, 3.8) is 0 Å². The first kappa shape index (κ1) is 12.9. The predicted molar refractivity (Wildman–Crippen MR) is 72.8 cm³/mol. The summed E-state index contributed by atoms with van der Waals surface area (Å²) in [5, 5.41) is 3.04. The highest BCUT2D eigenvalue weighted by molar-refractivity contribution is 5.99. The summed E-state index contributed by atoms with van der Waals surface area (Å²) in [5.74, 6) is 0.121. The standard InChI is InChI=1S/C14H21N3O/c1-11-6-4-3-5-9-17(11)14(18)12-7-8-16-10-13(12)15-2/h7-8,10-11,15H,3-6,9H2,1-2H3. The Morgan fingerprint density at radius 1 is 1.44 bits per heavy atom. The molecule has 18 heavy (non-hydrogen) atoms. The van der Waals surface area contributed by atoms with Crippen LogP contribution >= 0.6 is 0 Å². The fraction of sp³-hybridized carbons (Fsp3) is 0.571. The van der Waals surface area contributed by atoms with Crippen LogP contribution in [0, 0.1) is 0 Å². The third kappa shape index (κ3) is 2.63. The number of likely N-dealkylation sites (tertiary alicyclic amines) is 1. The molecule has 1 saturated heterocycles. The highest BCUT2D eigenvalue weighted by Crippen LogP contribution is 2.21. The molecule has 0 aliphatic carbocycles. The van der Waals surface area contributed by atoms with Crippen molar-refractivity contribution in [3.05, 3.63) is 24.0 Å². The number of hydrogen-bond donors (Lipinski definition) is 1. The molecular formula is C14H21N3O. The molecule has 1 fully saturated rings. The molecule has 1 aliphatic heterocycles. The van der Waals surface area contributed by atoms with Gasteiger partial charge in [0.05, 0.1) is 17.4 Å². The van der Waals surface area contributed by atoms with Gasteiger partial charge in [-0.1, -0.05) is 12.8 Å². The fourth-order valence-corrected chi connectivity index (χ4v) is 2.51. The molecule has 1 aromatic rings. The monoisotopic (exact) mass is 247 g/mol. The number of hydrogen-bond acceptors (Lipinski definition) is 3. The highest BCUT2D eigenvalue weighted by Gasteiger charge is 2.24. The average Bonchev–Trinajstić information content (AvgIpc) is 2.62. The van der Waals surface area contributed by atoms with Crippen LogP contribution in [0.2, 0.25) is 0 Å². The molecule has 1 unspecified atom stereocenters. The number of anilines is 1. The first-order valence-electron chi connectivity index (χ1n) is 6.66. The Morgan fingerprint density at radius 3 is 3.06 bits per heavy atom. The van der Waals surface area contributed by atoms with Crippen molar-refractivity contribution in [2.24, 2.45) is 0 Å². The number of aromatic nitrogens is 1. The normalized spacial score (nSPS) is 20.3. The number of carbonyl (C=O) groups is 1. The van der Waals surface area contributed by atoms with E-state index in [1.807, 2.05) is 11.9 Å². The van der Waals surface area contributed by atoms with E-state index in [0.29, 0.717) is 6.04 Å². The van der Waals surface area contributed by atoms with Crippen molar-refractivity contribution in [1.82, 2.24) is 9.88 Å². The zero-order valence-electron chi connectivity index (χ0n) is 11.1. The molecule has 4 nitrogen and oxygen atoms in total. The smallest absolute Gasteiger partial charge is 0.256 e. The van der Waals surface area contributed by atoms with Gasteiger partial charge in [0.15, 0.2) is 0 Å². The van der Waals surface area contributed by atoms with Gasteiger partial charge in [-0.05, 0) is 25.8 Å². The first-order chi connectivity index (χ1) is 8.74. The van der Waals surface area contributed by atoms with Crippen LogP contribution in [0.15, 0.2) is 18.5 Å². The Morgan fingerprint density at radius 2 is 2.28 bits per heavy atom. The van der Waals surface area contributed by atoms with E-state index >= 15 is 0 Å². The van der Waals surface area contributed by atoms with Crippen LogP contribution < -0.4 is 5.32 Å². The Labute approximate surface area is 108 Å². The molecule has 98 valence electrons. The molecule has 2 rings (SSSR count). The van der Waals surface area contributed by atoms with E-state index < -0.39 is 0 Å². The minimum atomic E-state index is 0.121. The van der Waals surface area contributed by atoms with E-state index in [1.165, 1.54) is 12.8 Å². The van der Waals surface area contributed by atoms with Crippen LogP contribution in [0.4, 0.5) is 5.69 Å². The number of pyridine rings is 1. The van der Waals surface area contributed by atoms with Crippen molar-refractivity contribution in [2.75, 3.05) is 18.9 Å². The van der Waals surface area contributed by atoms with Gasteiger partial charge in [0.2, 0.25) is 0 Å². The summed E-state index contributed by atoms with van der Waals surface area (Å²) < 4.78 is 0. The van der Waals surface area contributed by atoms with Gasteiger partial charge in [0, 0.05) is 25.8 Å². The van der Waals surface area contributed by atoms with Crippen LogP contribution in [0.1, 0.15) is 43.0 Å². The van der Waals surface area contributed by atoms with Crippen molar-refractivity contribution in [3.8, 4) is 0 Å². The molecular weight excluding hydrogens is 226 g/mol. The molecule has 4 heteroatoms. The summed E-state index contributed by atoms with van der Waals surface area (Å²) in [6, 6.07) is 2.13. The van der Waals surface area contributed by atoms with Gasteiger partial charge in [0.25, 0.3) is 5.91 Å². The second kappa shape index (κ2) is 5.85. The Bertz CT molecular complexity index is 419. The molecule has 0 bridgehead atoms. The van der Waals surface area contributed by atoms with Crippen LogP contribution in [-0.2, 0) is 0 Å². The van der Waals surface area contributed by atoms with Gasteiger partial charge in [-0.3, -0.25) is 9.78 Å². The topological polar surface area (TPSA) is 45.2 Å². The third-order valence-corrected chi connectivity index (χ3v) is 3.63. The maximum Gasteiger partial charge on any atom is 0.256 e. The fourth-order valence-electron chi connectivity index (χ4n) is 2.51. The number of amides is 1. The molecule has 0 aromatic carbocycles. The average molecular weight is 247 g/mol. The van der Waals surface area contributed by atoms with Crippen molar-refractivity contribution in [1.29, 1.82) is 0 Å². The van der Waals surface area contributed by atoms with E-state index in [-0.39, 0.29) is 5.91 Å². The largest absolute Gasteiger partial charge is 0.386 e. The molecule has 1 amide bonds. The highest BCUT2D eigenvalue weighted by atomic mass is 16.2. The van der Waals surface area contributed by atoms with Gasteiger partial charge < -0.3 is 10.2 Å². The maximum atomic E-state index is 12.6. The van der Waals surface area contributed by atoms with E-state index in [2.05, 4.69) is 17.2 Å². The molecule has 0 spiro atoms. The zero-order valence-corrected chi connectivity index (χ0v) is 11.1. The predicted octanol–water partition coefficient (Wildman–Crippen LogP) is 2.53. The lowest BCUT2D eigenvalue weighted by molar-refractivity contribution is 0.0699. The SMILES string of the molecule is CNc1cnccc1C(=O)N1CCCCCC1C. The van der Waals surface area contributed by atoms with Crippen molar-refractivity contribution >= 4 is 11.6 Å². The number of nitrogens with zero attached hydrogens (tertiary/aromatic N) is 2. The molecule has 1 N–H and O–H groups in total. The van der Waals surface area contributed by atoms with Gasteiger partial charge in [0.1, 0.15) is 0 Å². The van der Waals surface area contributed by atoms with Gasteiger partial charge in [-0.25, -0.2) is 0 Å². The van der Waals surface area contributed by atoms with Crippen molar-refractivity contribution in [2.45, 2.75) is 38.6 Å². The number of rotatable bonds is 2. The molecule has 0 radical (unpaired) electrons. The quantitative estimate of drug-likeness (QED) is 0.873. The Balaban J connectivity index is 2.23. The maximum absolute atomic E-state index is 12.6. The van der Waals surface area contributed by atoms with Gasteiger partial charge in [-0.15, -0.1) is 0 Å². The number of carbonyl (C=O) groups excluding carboxylic acids is 1. The zero-order chi connectivity index (χ0) is 13.0. The molecule has 1 atom stereocenters. The Hall–Kier alpha value is -1.58. The minimum Gasteiger partial charge on any atom is -0.386 e. The van der Waals surface area contributed by atoms with Crippen LogP contribution in [0.5, 0.6) is 0 Å².